The lowest BCUT2D eigenvalue weighted by Crippen LogP contribution is -2.44. The smallest absolute Gasteiger partial charge is 0.337 e. The van der Waals surface area contributed by atoms with Crippen molar-refractivity contribution in [3.05, 3.63) is 29.8 Å². The largest absolute Gasteiger partial charge is 0.478 e. The second-order valence-electron chi connectivity index (χ2n) is 6.09. The van der Waals surface area contributed by atoms with Gasteiger partial charge in [0.15, 0.2) is 0 Å². The second kappa shape index (κ2) is 8.09. The summed E-state index contributed by atoms with van der Waals surface area (Å²) in [4.78, 5) is 24.1. The van der Waals surface area contributed by atoms with E-state index in [9.17, 15) is 31.9 Å². The quantitative estimate of drug-likeness (QED) is 0.795. The van der Waals surface area contributed by atoms with Crippen molar-refractivity contribution in [3.63, 3.8) is 0 Å². The van der Waals surface area contributed by atoms with E-state index in [4.69, 9.17) is 0 Å². The van der Waals surface area contributed by atoms with Gasteiger partial charge in [0.2, 0.25) is 15.9 Å². The van der Waals surface area contributed by atoms with E-state index in [2.05, 4.69) is 0 Å². The fraction of sp³-hybridized carbons (Fsp3) is 0.500. The summed E-state index contributed by atoms with van der Waals surface area (Å²) in [5, 5.41) is 9.18. The average Bonchev–Trinajstić information content (AvgIpc) is 2.60. The Kier molecular flexibility index (Phi) is 6.30. The number of rotatable bonds is 6. The molecule has 7 nitrogen and oxygen atoms in total. The molecule has 1 aromatic rings. The van der Waals surface area contributed by atoms with E-state index >= 15 is 0 Å². The van der Waals surface area contributed by atoms with Gasteiger partial charge in [0, 0.05) is 26.1 Å². The summed E-state index contributed by atoms with van der Waals surface area (Å²) in [6.45, 7) is -0.617. The summed E-state index contributed by atoms with van der Waals surface area (Å²) in [6, 6.07) is 5.32. The highest BCUT2D eigenvalue weighted by atomic mass is 32.2. The third kappa shape index (κ3) is 4.36. The Hall–Kier alpha value is -2.07. The number of sulfonamides is 1. The molecule has 1 heterocycles. The van der Waals surface area contributed by atoms with E-state index < -0.39 is 40.8 Å². The molecule has 0 bridgehead atoms. The molecule has 0 spiro atoms. The third-order valence-electron chi connectivity index (χ3n) is 4.33. The Morgan fingerprint density at radius 3 is 2.38 bits per heavy atom. The first kappa shape index (κ1) is 20.2. The maximum Gasteiger partial charge on any atom is 0.337 e. The van der Waals surface area contributed by atoms with Crippen LogP contribution in [0.2, 0.25) is 0 Å². The van der Waals surface area contributed by atoms with Crippen molar-refractivity contribution < 1.29 is 31.9 Å². The normalized spacial score (nSPS) is 16.6. The maximum atomic E-state index is 12.7. The number of amides is 1. The predicted molar refractivity (Wildman–Crippen MR) is 88.5 cm³/mol. The Balaban J connectivity index is 2.10. The van der Waals surface area contributed by atoms with Crippen molar-refractivity contribution in [2.75, 3.05) is 26.7 Å². The number of carboxylic acids is 1. The molecule has 0 atom stereocenters. The van der Waals surface area contributed by atoms with Crippen LogP contribution in [0.3, 0.4) is 0 Å². The number of carboxylic acid groups (broad SMARTS) is 1. The van der Waals surface area contributed by atoms with Crippen LogP contribution < -0.4 is 0 Å². The number of halogens is 2. The molecule has 1 aliphatic heterocycles. The highest BCUT2D eigenvalue weighted by Gasteiger charge is 2.35. The lowest BCUT2D eigenvalue weighted by Gasteiger charge is -2.32. The van der Waals surface area contributed by atoms with E-state index in [1.807, 2.05) is 0 Å². The highest BCUT2D eigenvalue weighted by molar-refractivity contribution is 7.89. The molecular formula is C16H20F2N2O5S. The van der Waals surface area contributed by atoms with Gasteiger partial charge in [0.05, 0.1) is 17.0 Å². The standard InChI is InChI=1S/C16H20F2N2O5S/c1-19(10-14(17)18)15(21)11-6-8-20(9-7-11)26(24,25)13-5-3-2-4-12(13)16(22)23/h2-5,11,14H,6-10H2,1H3,(H,22,23). The van der Waals surface area contributed by atoms with E-state index in [1.165, 1.54) is 31.3 Å². The van der Waals surface area contributed by atoms with Gasteiger partial charge >= 0.3 is 5.97 Å². The van der Waals surface area contributed by atoms with Gasteiger partial charge in [-0.1, -0.05) is 12.1 Å². The molecule has 0 radical (unpaired) electrons. The van der Waals surface area contributed by atoms with Crippen LogP contribution in [0.5, 0.6) is 0 Å². The van der Waals surface area contributed by atoms with Crippen molar-refractivity contribution in [1.82, 2.24) is 9.21 Å². The van der Waals surface area contributed by atoms with Crippen LogP contribution in [0.25, 0.3) is 0 Å². The van der Waals surface area contributed by atoms with Gasteiger partial charge in [-0.3, -0.25) is 4.79 Å². The van der Waals surface area contributed by atoms with Crippen LogP contribution in [0.4, 0.5) is 8.78 Å². The first-order chi connectivity index (χ1) is 12.1. The minimum Gasteiger partial charge on any atom is -0.478 e. The SMILES string of the molecule is CN(CC(F)F)C(=O)C1CCN(S(=O)(=O)c2ccccc2C(=O)O)CC1. The number of aromatic carboxylic acids is 1. The molecule has 1 saturated heterocycles. The predicted octanol–water partition coefficient (Wildman–Crippen LogP) is 1.51. The molecule has 1 aromatic carbocycles. The monoisotopic (exact) mass is 390 g/mol. The Morgan fingerprint density at radius 2 is 1.85 bits per heavy atom. The molecule has 2 rings (SSSR count). The van der Waals surface area contributed by atoms with Gasteiger partial charge in [-0.15, -0.1) is 0 Å². The molecule has 1 aliphatic rings. The molecular weight excluding hydrogens is 370 g/mol. The Labute approximate surface area is 150 Å². The van der Waals surface area contributed by atoms with Crippen LogP contribution in [0.1, 0.15) is 23.2 Å². The van der Waals surface area contributed by atoms with Crippen LogP contribution in [0, 0.1) is 5.92 Å². The van der Waals surface area contributed by atoms with Crippen LogP contribution in [0.15, 0.2) is 29.2 Å². The molecule has 0 aliphatic carbocycles. The summed E-state index contributed by atoms with van der Waals surface area (Å²) in [5.74, 6) is -2.31. The minimum absolute atomic E-state index is 0.0230. The number of nitrogens with zero attached hydrogens (tertiary/aromatic N) is 2. The number of carbonyl (C=O) groups is 2. The van der Waals surface area contributed by atoms with Crippen molar-refractivity contribution in [2.45, 2.75) is 24.2 Å². The molecule has 0 aromatic heterocycles. The third-order valence-corrected chi connectivity index (χ3v) is 6.28. The molecule has 1 N–H and O–H groups in total. The molecule has 144 valence electrons. The zero-order valence-corrected chi connectivity index (χ0v) is 15.0. The van der Waals surface area contributed by atoms with Gasteiger partial charge in [0.25, 0.3) is 6.43 Å². The number of benzene rings is 1. The van der Waals surface area contributed by atoms with Crippen molar-refractivity contribution in [2.24, 2.45) is 5.92 Å². The zero-order valence-electron chi connectivity index (χ0n) is 14.1. The lowest BCUT2D eigenvalue weighted by atomic mass is 9.97. The first-order valence-corrected chi connectivity index (χ1v) is 9.44. The van der Waals surface area contributed by atoms with Crippen molar-refractivity contribution in [1.29, 1.82) is 0 Å². The topological polar surface area (TPSA) is 95.0 Å². The van der Waals surface area contributed by atoms with Gasteiger partial charge in [0.1, 0.15) is 0 Å². The van der Waals surface area contributed by atoms with Crippen LogP contribution >= 0.6 is 0 Å². The average molecular weight is 390 g/mol. The molecule has 0 unspecified atom stereocenters. The van der Waals surface area contributed by atoms with Gasteiger partial charge in [-0.2, -0.15) is 4.31 Å². The fourth-order valence-corrected chi connectivity index (χ4v) is 4.61. The number of alkyl halides is 2. The zero-order chi connectivity index (χ0) is 19.5. The van der Waals surface area contributed by atoms with E-state index in [0.717, 1.165) is 9.21 Å². The molecule has 1 amide bonds. The number of carbonyl (C=O) groups excluding carboxylic acids is 1. The van der Waals surface area contributed by atoms with Crippen LogP contribution in [-0.4, -0.2) is 67.7 Å². The van der Waals surface area contributed by atoms with Crippen LogP contribution in [-0.2, 0) is 14.8 Å². The Bertz CT molecular complexity index is 777. The summed E-state index contributed by atoms with van der Waals surface area (Å²) in [7, 11) is -2.73. The lowest BCUT2D eigenvalue weighted by molar-refractivity contribution is -0.137. The molecule has 1 fully saturated rings. The van der Waals surface area contributed by atoms with Gasteiger partial charge < -0.3 is 10.0 Å². The second-order valence-corrected chi connectivity index (χ2v) is 8.00. The summed E-state index contributed by atoms with van der Waals surface area (Å²) < 4.78 is 51.4. The highest BCUT2D eigenvalue weighted by Crippen LogP contribution is 2.26. The number of hydrogen-bond donors (Lipinski definition) is 1. The van der Waals surface area contributed by atoms with Gasteiger partial charge in [-0.05, 0) is 25.0 Å². The first-order valence-electron chi connectivity index (χ1n) is 8.00. The van der Waals surface area contributed by atoms with Gasteiger partial charge in [-0.25, -0.2) is 22.0 Å². The minimum atomic E-state index is -4.02. The van der Waals surface area contributed by atoms with Crippen molar-refractivity contribution in [3.8, 4) is 0 Å². The fourth-order valence-electron chi connectivity index (χ4n) is 2.96. The number of hydrogen-bond acceptors (Lipinski definition) is 4. The van der Waals surface area contributed by atoms with Crippen molar-refractivity contribution >= 4 is 21.9 Å². The summed E-state index contributed by atoms with van der Waals surface area (Å²) >= 11 is 0. The summed E-state index contributed by atoms with van der Waals surface area (Å²) in [6.07, 6.45) is -2.24. The molecule has 26 heavy (non-hydrogen) atoms. The maximum absolute atomic E-state index is 12.7. The van der Waals surface area contributed by atoms with E-state index in [1.54, 1.807) is 0 Å². The van der Waals surface area contributed by atoms with E-state index in [-0.39, 0.29) is 36.4 Å². The summed E-state index contributed by atoms with van der Waals surface area (Å²) in [5.41, 5.74) is -0.317. The van der Waals surface area contributed by atoms with E-state index in [0.29, 0.717) is 0 Å². The molecule has 0 saturated carbocycles. The Morgan fingerprint density at radius 1 is 1.27 bits per heavy atom. The number of piperidine rings is 1. The molecule has 10 heteroatoms.